The van der Waals surface area contributed by atoms with Crippen LogP contribution < -0.4 is 16.8 Å². The van der Waals surface area contributed by atoms with Gasteiger partial charge < -0.3 is 26.3 Å². The van der Waals surface area contributed by atoms with Crippen molar-refractivity contribution in [3.05, 3.63) is 12.2 Å². The molecule has 1 unspecified atom stereocenters. The zero-order valence-electron chi connectivity index (χ0n) is 10.4. The number of rotatable bonds is 7. The summed E-state index contributed by atoms with van der Waals surface area (Å²) in [7, 11) is 0. The number of hydrogen-bond donors (Lipinski definition) is 3. The lowest BCUT2D eigenvalue weighted by Crippen LogP contribution is -2.27. The molecule has 1 aliphatic rings. The Bertz CT molecular complexity index is 226. The number of carbonyl (C=O) groups excluding carboxylic acids is 1. The van der Waals surface area contributed by atoms with E-state index in [4.69, 9.17) is 20.9 Å². The van der Waals surface area contributed by atoms with E-state index in [2.05, 4.69) is 11.9 Å². The highest BCUT2D eigenvalue weighted by Crippen LogP contribution is 2.09. The van der Waals surface area contributed by atoms with E-state index in [0.29, 0.717) is 31.9 Å². The van der Waals surface area contributed by atoms with Crippen molar-refractivity contribution < 1.29 is 14.3 Å². The lowest BCUT2D eigenvalue weighted by Gasteiger charge is -1.99. The summed E-state index contributed by atoms with van der Waals surface area (Å²) in [5.74, 6) is -0.337. The first-order chi connectivity index (χ1) is 8.11. The van der Waals surface area contributed by atoms with Crippen molar-refractivity contribution in [2.24, 2.45) is 11.5 Å². The molecular weight excluding hydrogens is 222 g/mol. The van der Waals surface area contributed by atoms with Crippen LogP contribution in [0.5, 0.6) is 0 Å². The van der Waals surface area contributed by atoms with Gasteiger partial charge >= 0.3 is 5.97 Å². The van der Waals surface area contributed by atoms with Crippen LogP contribution in [0.15, 0.2) is 12.2 Å². The zero-order chi connectivity index (χ0) is 13.1. The second kappa shape index (κ2) is 10.2. The number of hydrogen-bond acceptors (Lipinski definition) is 6. The molecule has 1 rings (SSSR count). The van der Waals surface area contributed by atoms with E-state index in [1.54, 1.807) is 6.92 Å². The highest BCUT2D eigenvalue weighted by atomic mass is 16.6. The maximum atomic E-state index is 10.7. The van der Waals surface area contributed by atoms with Crippen LogP contribution in [-0.4, -0.2) is 51.5 Å². The Hall–Kier alpha value is -0.950. The first-order valence-corrected chi connectivity index (χ1v) is 5.66. The van der Waals surface area contributed by atoms with Gasteiger partial charge in [0.15, 0.2) is 0 Å². The second-order valence-electron chi connectivity index (χ2n) is 3.66. The van der Waals surface area contributed by atoms with Crippen molar-refractivity contribution in [1.82, 2.24) is 5.32 Å². The molecule has 0 aromatic carbocycles. The molecule has 0 aromatic heterocycles. The third-order valence-corrected chi connectivity index (χ3v) is 1.79. The molecular formula is C11H23N3O3. The van der Waals surface area contributed by atoms with Gasteiger partial charge in [-0.25, -0.2) is 4.79 Å². The summed E-state index contributed by atoms with van der Waals surface area (Å²) in [5, 5.41) is 3.03. The number of ether oxygens (including phenoxy) is 2. The van der Waals surface area contributed by atoms with Crippen LogP contribution >= 0.6 is 0 Å². The van der Waals surface area contributed by atoms with E-state index in [-0.39, 0.29) is 12.1 Å². The fraction of sp³-hybridized carbons (Fsp3) is 0.727. The van der Waals surface area contributed by atoms with E-state index in [1.807, 2.05) is 0 Å². The normalized spacial score (nSPS) is 16.8. The lowest BCUT2D eigenvalue weighted by atomic mass is 10.4. The highest BCUT2D eigenvalue weighted by molar-refractivity contribution is 5.86. The van der Waals surface area contributed by atoms with E-state index >= 15 is 0 Å². The van der Waals surface area contributed by atoms with Gasteiger partial charge in [0.25, 0.3) is 0 Å². The molecule has 0 aromatic rings. The van der Waals surface area contributed by atoms with Gasteiger partial charge in [-0.2, -0.15) is 0 Å². The summed E-state index contributed by atoms with van der Waals surface area (Å²) in [6, 6.07) is 0. The number of nitrogens with two attached hydrogens (primary N) is 2. The van der Waals surface area contributed by atoms with E-state index in [9.17, 15) is 4.79 Å². The van der Waals surface area contributed by atoms with Crippen molar-refractivity contribution in [2.75, 3.05) is 39.4 Å². The number of nitrogens with one attached hydrogen (secondary N) is 1. The van der Waals surface area contributed by atoms with E-state index < -0.39 is 0 Å². The van der Waals surface area contributed by atoms with Crippen LogP contribution in [0.3, 0.4) is 0 Å². The monoisotopic (exact) mass is 245 g/mol. The van der Waals surface area contributed by atoms with E-state index in [1.165, 1.54) is 0 Å². The van der Waals surface area contributed by atoms with Crippen molar-refractivity contribution in [2.45, 2.75) is 13.0 Å². The molecule has 17 heavy (non-hydrogen) atoms. The molecule has 0 aliphatic carbocycles. The summed E-state index contributed by atoms with van der Waals surface area (Å²) in [6.45, 7) is 9.27. The average Bonchev–Trinajstić information content (AvgIpc) is 3.11. The van der Waals surface area contributed by atoms with Crippen LogP contribution in [0.1, 0.15) is 6.92 Å². The molecule has 1 fully saturated rings. The van der Waals surface area contributed by atoms with Gasteiger partial charge in [0.2, 0.25) is 0 Å². The fourth-order valence-electron chi connectivity index (χ4n) is 0.785. The molecule has 100 valence electrons. The Morgan fingerprint density at radius 1 is 1.47 bits per heavy atom. The van der Waals surface area contributed by atoms with Gasteiger partial charge in [0, 0.05) is 31.8 Å². The number of epoxide rings is 1. The van der Waals surface area contributed by atoms with Crippen molar-refractivity contribution in [1.29, 1.82) is 0 Å². The minimum atomic E-state index is -0.337. The zero-order valence-corrected chi connectivity index (χ0v) is 10.4. The predicted octanol–water partition coefficient (Wildman–Crippen LogP) is -1.00. The first kappa shape index (κ1) is 16.1. The summed E-state index contributed by atoms with van der Waals surface area (Å²) >= 11 is 0. The second-order valence-corrected chi connectivity index (χ2v) is 3.66. The summed E-state index contributed by atoms with van der Waals surface area (Å²) in [6.07, 6.45) is 0.142. The molecule has 0 radical (unpaired) electrons. The summed E-state index contributed by atoms with van der Waals surface area (Å²) in [4.78, 5) is 10.7. The topological polar surface area (TPSA) is 103 Å². The largest absolute Gasteiger partial charge is 0.459 e. The molecule has 6 nitrogen and oxygen atoms in total. The maximum Gasteiger partial charge on any atom is 0.333 e. The standard InChI is InChI=1S/C7H10O3.C4H13N3/c1-5(2)7(8)10-4-6-3-9-6;5-1-3-7-4-2-6/h6H,1,3-4H2,2H3;7H,1-6H2. The third-order valence-electron chi connectivity index (χ3n) is 1.79. The lowest BCUT2D eigenvalue weighted by molar-refractivity contribution is -0.139. The van der Waals surface area contributed by atoms with Crippen molar-refractivity contribution in [3.8, 4) is 0 Å². The molecule has 0 saturated carbocycles. The van der Waals surface area contributed by atoms with Crippen molar-refractivity contribution in [3.63, 3.8) is 0 Å². The van der Waals surface area contributed by atoms with Crippen LogP contribution in [0.25, 0.3) is 0 Å². The Kier molecular flexibility index (Phi) is 9.65. The Labute approximate surface area is 102 Å². The predicted molar refractivity (Wildman–Crippen MR) is 66.5 cm³/mol. The van der Waals surface area contributed by atoms with Gasteiger partial charge in [0.05, 0.1) is 6.61 Å². The molecule has 0 spiro atoms. The molecule has 5 N–H and O–H groups in total. The third kappa shape index (κ3) is 11.3. The SMILES string of the molecule is C=C(C)C(=O)OCC1CO1.NCCNCCN. The minimum absolute atomic E-state index is 0.142. The van der Waals surface area contributed by atoms with Gasteiger partial charge in [-0.3, -0.25) is 0 Å². The molecule has 1 heterocycles. The molecule has 1 atom stereocenters. The smallest absolute Gasteiger partial charge is 0.333 e. The van der Waals surface area contributed by atoms with Crippen LogP contribution in [0.2, 0.25) is 0 Å². The van der Waals surface area contributed by atoms with Crippen LogP contribution in [0, 0.1) is 0 Å². The van der Waals surface area contributed by atoms with Crippen LogP contribution in [0.4, 0.5) is 0 Å². The summed E-state index contributed by atoms with van der Waals surface area (Å²) in [5.41, 5.74) is 10.8. The minimum Gasteiger partial charge on any atom is -0.459 e. The molecule has 1 aliphatic heterocycles. The number of esters is 1. The molecule has 1 saturated heterocycles. The quantitative estimate of drug-likeness (QED) is 0.230. The van der Waals surface area contributed by atoms with Gasteiger partial charge in [0.1, 0.15) is 12.7 Å². The Morgan fingerprint density at radius 3 is 2.35 bits per heavy atom. The fourth-order valence-corrected chi connectivity index (χ4v) is 0.785. The summed E-state index contributed by atoms with van der Waals surface area (Å²) < 4.78 is 9.60. The van der Waals surface area contributed by atoms with E-state index in [0.717, 1.165) is 13.1 Å². The molecule has 6 heteroatoms. The molecule has 0 amide bonds. The number of carbonyl (C=O) groups is 1. The van der Waals surface area contributed by atoms with Gasteiger partial charge in [-0.05, 0) is 6.92 Å². The van der Waals surface area contributed by atoms with Gasteiger partial charge in [-0.15, -0.1) is 0 Å². The van der Waals surface area contributed by atoms with Crippen LogP contribution in [-0.2, 0) is 14.3 Å². The Balaban J connectivity index is 0.000000325. The average molecular weight is 245 g/mol. The maximum absolute atomic E-state index is 10.7. The highest BCUT2D eigenvalue weighted by Gasteiger charge is 2.24. The molecule has 0 bridgehead atoms. The van der Waals surface area contributed by atoms with Gasteiger partial charge in [-0.1, -0.05) is 6.58 Å². The Morgan fingerprint density at radius 2 is 2.00 bits per heavy atom. The van der Waals surface area contributed by atoms with Crippen molar-refractivity contribution >= 4 is 5.97 Å². The first-order valence-electron chi connectivity index (χ1n) is 5.66.